The van der Waals surface area contributed by atoms with Crippen molar-refractivity contribution < 1.29 is 9.59 Å². The van der Waals surface area contributed by atoms with Gasteiger partial charge < -0.3 is 10.6 Å². The van der Waals surface area contributed by atoms with Gasteiger partial charge >= 0.3 is 0 Å². The van der Waals surface area contributed by atoms with Crippen LogP contribution in [0.2, 0.25) is 0 Å². The van der Waals surface area contributed by atoms with Gasteiger partial charge in [0.05, 0.1) is 17.6 Å². The minimum absolute atomic E-state index is 0.204. The van der Waals surface area contributed by atoms with Crippen LogP contribution in [0.25, 0.3) is 17.3 Å². The first-order valence-electron chi connectivity index (χ1n) is 12.9. The molecule has 0 radical (unpaired) electrons. The molecule has 2 aromatic carbocycles. The molecule has 5 nitrogen and oxygen atoms in total. The van der Waals surface area contributed by atoms with Crippen molar-refractivity contribution in [2.24, 2.45) is 0 Å². The number of benzene rings is 2. The molecule has 0 bridgehead atoms. The lowest BCUT2D eigenvalue weighted by molar-refractivity contribution is -0.112. The van der Waals surface area contributed by atoms with E-state index < -0.39 is 0 Å². The number of allylic oxidation sites excluding steroid dienone is 2. The average molecular weight is 510 g/mol. The van der Waals surface area contributed by atoms with E-state index in [1.54, 1.807) is 48.7 Å². The maximum Gasteiger partial charge on any atom is 0.255 e. The molecule has 1 aromatic heterocycles. The Morgan fingerprint density at radius 1 is 0.895 bits per heavy atom. The fourth-order valence-electron chi connectivity index (χ4n) is 3.29. The molecular formula is C33H39N3O2. The smallest absolute Gasteiger partial charge is 0.255 e. The Morgan fingerprint density at radius 3 is 2.11 bits per heavy atom. The number of hydrogen-bond donors (Lipinski definition) is 2. The zero-order valence-electron chi connectivity index (χ0n) is 23.2. The average Bonchev–Trinajstić information content (AvgIpc) is 2.98. The van der Waals surface area contributed by atoms with Gasteiger partial charge in [-0.25, -0.2) is 0 Å². The van der Waals surface area contributed by atoms with Crippen LogP contribution in [0.5, 0.6) is 0 Å². The van der Waals surface area contributed by atoms with E-state index in [1.165, 1.54) is 0 Å². The summed E-state index contributed by atoms with van der Waals surface area (Å²) in [5.74, 6) is -0.487. The molecule has 198 valence electrons. The van der Waals surface area contributed by atoms with Crippen molar-refractivity contribution in [1.82, 2.24) is 4.98 Å². The molecule has 0 saturated carbocycles. The molecule has 1 heterocycles. The van der Waals surface area contributed by atoms with Crippen LogP contribution in [0.1, 0.15) is 56.1 Å². The number of pyridine rings is 1. The van der Waals surface area contributed by atoms with Crippen molar-refractivity contribution in [2.45, 2.75) is 41.0 Å². The van der Waals surface area contributed by atoms with Gasteiger partial charge in [0.15, 0.2) is 0 Å². The summed E-state index contributed by atoms with van der Waals surface area (Å²) in [5, 5.41) is 5.67. The summed E-state index contributed by atoms with van der Waals surface area (Å²) in [6.07, 6.45) is 9.10. The minimum Gasteiger partial charge on any atom is -0.322 e. The number of nitrogens with one attached hydrogen (secondary N) is 2. The summed E-state index contributed by atoms with van der Waals surface area (Å²) in [5.41, 5.74) is 5.89. The van der Waals surface area contributed by atoms with Gasteiger partial charge in [-0.3, -0.25) is 14.6 Å². The predicted octanol–water partition coefficient (Wildman–Crippen LogP) is 8.50. The molecule has 2 N–H and O–H groups in total. The number of hydrogen-bond acceptors (Lipinski definition) is 3. The second-order valence-electron chi connectivity index (χ2n) is 7.51. The van der Waals surface area contributed by atoms with Crippen LogP contribution in [0.15, 0.2) is 104 Å². The molecular weight excluding hydrogens is 470 g/mol. The van der Waals surface area contributed by atoms with Crippen LogP contribution in [0, 0.1) is 0 Å². The Kier molecular flexibility index (Phi) is 14.1. The Hall–Kier alpha value is -4.51. The van der Waals surface area contributed by atoms with Gasteiger partial charge in [0.2, 0.25) is 0 Å². The predicted molar refractivity (Wildman–Crippen MR) is 163 cm³/mol. The maximum absolute atomic E-state index is 12.6. The standard InChI is InChI=1S/C29H27N3O2.2C2H6/c1-5-8-9-20(4)28(33)31-25-14-12-23(13-15-25)27-17-16-26(19-30-27)32-29(34)24-11-10-21(6-2)22(7-3)18-24;2*1-2/h5,7-19H,1,3-4,6H2,2H3,(H,31,33)(H,32,34);2*1-2H3/b9-8-;;. The third-order valence-corrected chi connectivity index (χ3v) is 5.19. The third kappa shape index (κ3) is 9.17. The summed E-state index contributed by atoms with van der Waals surface area (Å²) < 4.78 is 0. The largest absolute Gasteiger partial charge is 0.322 e. The molecule has 5 heteroatoms. The molecule has 0 aliphatic rings. The number of carbonyl (C=O) groups excluding carboxylic acids is 2. The van der Waals surface area contributed by atoms with E-state index in [1.807, 2.05) is 64.1 Å². The van der Waals surface area contributed by atoms with E-state index in [2.05, 4.69) is 42.3 Å². The quantitative estimate of drug-likeness (QED) is 0.224. The Bertz CT molecular complexity index is 1250. The summed E-state index contributed by atoms with van der Waals surface area (Å²) in [6, 6.07) is 16.6. The highest BCUT2D eigenvalue weighted by molar-refractivity contribution is 6.05. The minimum atomic E-state index is -0.284. The Morgan fingerprint density at radius 2 is 1.55 bits per heavy atom. The molecule has 3 rings (SSSR count). The van der Waals surface area contributed by atoms with Crippen molar-refractivity contribution in [3.05, 3.63) is 121 Å². The van der Waals surface area contributed by atoms with Gasteiger partial charge in [0.1, 0.15) is 0 Å². The zero-order chi connectivity index (χ0) is 28.5. The lowest BCUT2D eigenvalue weighted by Crippen LogP contribution is -2.12. The number of aryl methyl sites for hydroxylation is 1. The van der Waals surface area contributed by atoms with Gasteiger partial charge in [-0.2, -0.15) is 0 Å². The van der Waals surface area contributed by atoms with E-state index in [4.69, 9.17) is 0 Å². The van der Waals surface area contributed by atoms with Crippen molar-refractivity contribution in [2.75, 3.05) is 10.6 Å². The monoisotopic (exact) mass is 509 g/mol. The SMILES string of the molecule is C=C/C=C\C(=C)C(=O)Nc1ccc(-c2ccc(NC(=O)c3ccc(CC)c(C=C)c3)cn2)cc1.CC.CC. The number of carbonyl (C=O) groups is 2. The van der Waals surface area contributed by atoms with Crippen LogP contribution in [0.4, 0.5) is 11.4 Å². The van der Waals surface area contributed by atoms with E-state index >= 15 is 0 Å². The van der Waals surface area contributed by atoms with Gasteiger partial charge in [0, 0.05) is 22.4 Å². The van der Waals surface area contributed by atoms with E-state index in [0.717, 1.165) is 28.8 Å². The van der Waals surface area contributed by atoms with Crippen LogP contribution in [-0.2, 0) is 11.2 Å². The molecule has 0 spiro atoms. The lowest BCUT2D eigenvalue weighted by atomic mass is 10.0. The molecule has 0 atom stereocenters. The molecule has 38 heavy (non-hydrogen) atoms. The number of rotatable bonds is 9. The van der Waals surface area contributed by atoms with Crippen molar-refractivity contribution in [3.63, 3.8) is 0 Å². The maximum atomic E-state index is 12.6. The van der Waals surface area contributed by atoms with Gasteiger partial charge in [-0.15, -0.1) is 0 Å². The van der Waals surface area contributed by atoms with E-state index in [9.17, 15) is 9.59 Å². The number of anilines is 2. The van der Waals surface area contributed by atoms with Gasteiger partial charge in [-0.05, 0) is 53.9 Å². The van der Waals surface area contributed by atoms with Gasteiger partial charge in [-0.1, -0.05) is 96.9 Å². The molecule has 0 fully saturated rings. The summed E-state index contributed by atoms with van der Waals surface area (Å²) in [7, 11) is 0. The lowest BCUT2D eigenvalue weighted by Gasteiger charge is -2.09. The first-order valence-corrected chi connectivity index (χ1v) is 12.9. The first-order chi connectivity index (χ1) is 18.4. The Balaban J connectivity index is 0.00000172. The van der Waals surface area contributed by atoms with Crippen LogP contribution in [0.3, 0.4) is 0 Å². The number of amides is 2. The molecule has 0 aliphatic carbocycles. The van der Waals surface area contributed by atoms with E-state index in [0.29, 0.717) is 22.5 Å². The first kappa shape index (κ1) is 31.5. The second kappa shape index (κ2) is 17.0. The molecule has 0 unspecified atom stereocenters. The third-order valence-electron chi connectivity index (χ3n) is 5.19. The highest BCUT2D eigenvalue weighted by atomic mass is 16.2. The van der Waals surface area contributed by atoms with Crippen LogP contribution in [-0.4, -0.2) is 16.8 Å². The fraction of sp³-hybridized carbons (Fsp3) is 0.182. The molecule has 3 aromatic rings. The summed E-state index contributed by atoms with van der Waals surface area (Å²) >= 11 is 0. The van der Waals surface area contributed by atoms with Crippen molar-refractivity contribution in [3.8, 4) is 11.3 Å². The topological polar surface area (TPSA) is 71.1 Å². The van der Waals surface area contributed by atoms with E-state index in [-0.39, 0.29) is 11.8 Å². The summed E-state index contributed by atoms with van der Waals surface area (Å²) in [4.78, 5) is 29.2. The highest BCUT2D eigenvalue weighted by Crippen LogP contribution is 2.22. The zero-order valence-corrected chi connectivity index (χ0v) is 23.2. The second-order valence-corrected chi connectivity index (χ2v) is 7.51. The van der Waals surface area contributed by atoms with Crippen LogP contribution >= 0.6 is 0 Å². The number of aromatic nitrogens is 1. The molecule has 2 amide bonds. The highest BCUT2D eigenvalue weighted by Gasteiger charge is 2.10. The summed E-state index contributed by atoms with van der Waals surface area (Å²) in [6.45, 7) is 21.2. The number of nitrogens with zero attached hydrogens (tertiary/aromatic N) is 1. The van der Waals surface area contributed by atoms with Crippen molar-refractivity contribution in [1.29, 1.82) is 0 Å². The van der Waals surface area contributed by atoms with Crippen LogP contribution < -0.4 is 10.6 Å². The van der Waals surface area contributed by atoms with Gasteiger partial charge in [0.25, 0.3) is 11.8 Å². The Labute approximate surface area is 227 Å². The van der Waals surface area contributed by atoms with Crippen molar-refractivity contribution >= 4 is 29.3 Å². The normalized spacial score (nSPS) is 9.71. The molecule has 0 saturated heterocycles. The fourth-order valence-corrected chi connectivity index (χ4v) is 3.29. The molecule has 0 aliphatic heterocycles.